The number of carbonyl (C=O) groups is 2. The van der Waals surface area contributed by atoms with E-state index in [1.165, 1.54) is 30.2 Å². The average Bonchev–Trinajstić information content (AvgIpc) is 2.79. The number of amides is 2. The lowest BCUT2D eigenvalue weighted by molar-refractivity contribution is -0.122. The van der Waals surface area contributed by atoms with Gasteiger partial charge in [0.15, 0.2) is 5.11 Å². The third-order valence-electron chi connectivity index (χ3n) is 4.69. The van der Waals surface area contributed by atoms with Crippen LogP contribution in [0.5, 0.6) is 23.0 Å². The van der Waals surface area contributed by atoms with Crippen LogP contribution in [0.4, 0.5) is 5.69 Å². The SMILES string of the molecule is COc1cc(O)ccc1/C=C1\C(=O)NC(=S)N(c2ccc(Oc3ccccc3)cc2)C1=O. The van der Waals surface area contributed by atoms with E-state index in [1.807, 2.05) is 30.3 Å². The summed E-state index contributed by atoms with van der Waals surface area (Å²) in [5, 5.41) is 12.2. The van der Waals surface area contributed by atoms with Crippen LogP contribution in [0.15, 0.2) is 78.4 Å². The van der Waals surface area contributed by atoms with Crippen molar-refractivity contribution < 1.29 is 24.2 Å². The van der Waals surface area contributed by atoms with Gasteiger partial charge in [-0.25, -0.2) is 0 Å². The summed E-state index contributed by atoms with van der Waals surface area (Å²) >= 11 is 5.24. The van der Waals surface area contributed by atoms with E-state index in [9.17, 15) is 14.7 Å². The zero-order valence-electron chi connectivity index (χ0n) is 16.9. The molecule has 0 aliphatic carbocycles. The van der Waals surface area contributed by atoms with E-state index in [4.69, 9.17) is 21.7 Å². The molecule has 3 aromatic carbocycles. The first-order chi connectivity index (χ1) is 15.5. The molecular weight excluding hydrogens is 428 g/mol. The second-order valence-corrected chi connectivity index (χ2v) is 7.18. The van der Waals surface area contributed by atoms with Gasteiger partial charge < -0.3 is 14.6 Å². The Hall–Kier alpha value is -4.17. The van der Waals surface area contributed by atoms with E-state index in [0.717, 1.165) is 0 Å². The van der Waals surface area contributed by atoms with Crippen molar-refractivity contribution in [2.24, 2.45) is 0 Å². The lowest BCUT2D eigenvalue weighted by Gasteiger charge is -2.29. The number of benzene rings is 3. The summed E-state index contributed by atoms with van der Waals surface area (Å²) < 4.78 is 11.0. The van der Waals surface area contributed by atoms with Gasteiger partial charge in [-0.05, 0) is 66.8 Å². The molecule has 1 fully saturated rings. The number of methoxy groups -OCH3 is 1. The molecule has 0 bridgehead atoms. The minimum atomic E-state index is -0.615. The molecule has 1 aliphatic heterocycles. The Morgan fingerprint density at radius 3 is 2.34 bits per heavy atom. The van der Waals surface area contributed by atoms with Gasteiger partial charge in [0.2, 0.25) is 0 Å². The fraction of sp³-hybridized carbons (Fsp3) is 0.0417. The van der Waals surface area contributed by atoms with Gasteiger partial charge in [0, 0.05) is 11.6 Å². The van der Waals surface area contributed by atoms with Gasteiger partial charge >= 0.3 is 0 Å². The minimum Gasteiger partial charge on any atom is -0.508 e. The Kier molecular flexibility index (Phi) is 5.87. The summed E-state index contributed by atoms with van der Waals surface area (Å²) in [4.78, 5) is 26.9. The van der Waals surface area contributed by atoms with Crippen molar-refractivity contribution >= 4 is 40.9 Å². The van der Waals surface area contributed by atoms with E-state index < -0.39 is 11.8 Å². The lowest BCUT2D eigenvalue weighted by Crippen LogP contribution is -2.54. The number of aromatic hydroxyl groups is 1. The second-order valence-electron chi connectivity index (χ2n) is 6.79. The topological polar surface area (TPSA) is 88.1 Å². The predicted octanol–water partition coefficient (Wildman–Crippen LogP) is 4.02. The molecule has 160 valence electrons. The maximum atomic E-state index is 13.2. The van der Waals surface area contributed by atoms with E-state index in [2.05, 4.69) is 5.32 Å². The monoisotopic (exact) mass is 446 g/mol. The molecule has 0 saturated carbocycles. The van der Waals surface area contributed by atoms with Crippen molar-refractivity contribution in [2.75, 3.05) is 12.0 Å². The second kappa shape index (κ2) is 8.91. The summed E-state index contributed by atoms with van der Waals surface area (Å²) in [5.74, 6) is 0.402. The quantitative estimate of drug-likeness (QED) is 0.350. The molecule has 0 aromatic heterocycles. The van der Waals surface area contributed by atoms with Crippen LogP contribution in [0.3, 0.4) is 0 Å². The van der Waals surface area contributed by atoms with Crippen molar-refractivity contribution in [1.29, 1.82) is 0 Å². The Balaban J connectivity index is 1.62. The lowest BCUT2D eigenvalue weighted by atomic mass is 10.1. The molecule has 0 spiro atoms. The van der Waals surface area contributed by atoms with Gasteiger partial charge in [0.05, 0.1) is 12.8 Å². The standard InChI is InChI=1S/C24H18N2O5S/c1-30-21-14-17(27)10-7-15(21)13-20-22(28)25-24(32)26(23(20)29)16-8-11-19(12-9-16)31-18-5-3-2-4-6-18/h2-14,27H,1H3,(H,25,28,32)/b20-13+. The molecule has 1 heterocycles. The number of ether oxygens (including phenoxy) is 2. The van der Waals surface area contributed by atoms with Crippen LogP contribution in [-0.2, 0) is 9.59 Å². The molecule has 7 nitrogen and oxygen atoms in total. The first-order valence-corrected chi connectivity index (χ1v) is 9.98. The zero-order chi connectivity index (χ0) is 22.7. The fourth-order valence-corrected chi connectivity index (χ4v) is 3.44. The first kappa shape index (κ1) is 21.1. The van der Waals surface area contributed by atoms with Gasteiger partial charge in [-0.3, -0.25) is 19.8 Å². The van der Waals surface area contributed by atoms with Crippen LogP contribution in [-0.4, -0.2) is 29.1 Å². The number of para-hydroxylation sites is 1. The van der Waals surface area contributed by atoms with Crippen molar-refractivity contribution in [1.82, 2.24) is 5.32 Å². The summed E-state index contributed by atoms with van der Waals surface area (Å²) in [7, 11) is 1.43. The number of carbonyl (C=O) groups excluding carboxylic acids is 2. The first-order valence-electron chi connectivity index (χ1n) is 9.57. The summed E-state index contributed by atoms with van der Waals surface area (Å²) in [6.45, 7) is 0. The van der Waals surface area contributed by atoms with Gasteiger partial charge in [-0.2, -0.15) is 0 Å². The number of hydrogen-bond acceptors (Lipinski definition) is 6. The van der Waals surface area contributed by atoms with Crippen LogP contribution in [0, 0.1) is 0 Å². The molecule has 2 amide bonds. The number of nitrogens with one attached hydrogen (secondary N) is 1. The highest BCUT2D eigenvalue weighted by molar-refractivity contribution is 7.80. The number of rotatable bonds is 5. The van der Waals surface area contributed by atoms with Crippen molar-refractivity contribution in [3.63, 3.8) is 0 Å². The van der Waals surface area contributed by atoms with Gasteiger partial charge in [-0.1, -0.05) is 18.2 Å². The molecular formula is C24H18N2O5S. The van der Waals surface area contributed by atoms with Gasteiger partial charge in [0.1, 0.15) is 28.6 Å². The van der Waals surface area contributed by atoms with E-state index in [1.54, 1.807) is 30.3 Å². The van der Waals surface area contributed by atoms with Gasteiger partial charge in [-0.15, -0.1) is 0 Å². The zero-order valence-corrected chi connectivity index (χ0v) is 17.8. The van der Waals surface area contributed by atoms with E-state index in [-0.39, 0.29) is 16.4 Å². The Bertz CT molecular complexity index is 1220. The summed E-state index contributed by atoms with van der Waals surface area (Å²) in [5.41, 5.74) is 0.819. The van der Waals surface area contributed by atoms with Crippen LogP contribution >= 0.6 is 12.2 Å². The number of thiocarbonyl (C=S) groups is 1. The van der Waals surface area contributed by atoms with Crippen molar-refractivity contribution in [3.8, 4) is 23.0 Å². The van der Waals surface area contributed by atoms with Crippen LogP contribution in [0.1, 0.15) is 5.56 Å². The molecule has 1 saturated heterocycles. The third kappa shape index (κ3) is 4.30. The largest absolute Gasteiger partial charge is 0.508 e. The van der Waals surface area contributed by atoms with Crippen LogP contribution in [0.2, 0.25) is 0 Å². The molecule has 0 radical (unpaired) electrons. The number of phenols is 1. The third-order valence-corrected chi connectivity index (χ3v) is 4.98. The highest BCUT2D eigenvalue weighted by atomic mass is 32.1. The van der Waals surface area contributed by atoms with Crippen molar-refractivity contribution in [3.05, 3.63) is 83.9 Å². The maximum absolute atomic E-state index is 13.2. The molecule has 1 aliphatic rings. The molecule has 2 N–H and O–H groups in total. The molecule has 4 rings (SSSR count). The van der Waals surface area contributed by atoms with Crippen LogP contribution in [0.25, 0.3) is 6.08 Å². The fourth-order valence-electron chi connectivity index (χ4n) is 3.15. The molecule has 3 aromatic rings. The highest BCUT2D eigenvalue weighted by Crippen LogP contribution is 2.29. The molecule has 0 unspecified atom stereocenters. The van der Waals surface area contributed by atoms with E-state index >= 15 is 0 Å². The molecule has 32 heavy (non-hydrogen) atoms. The Morgan fingerprint density at radius 1 is 0.969 bits per heavy atom. The Labute approximate surface area is 189 Å². The summed E-state index contributed by atoms with van der Waals surface area (Å²) in [6, 6.07) is 20.5. The minimum absolute atomic E-state index is 0.00374. The predicted molar refractivity (Wildman–Crippen MR) is 124 cm³/mol. The average molecular weight is 446 g/mol. The maximum Gasteiger partial charge on any atom is 0.270 e. The van der Waals surface area contributed by atoms with E-state index in [0.29, 0.717) is 28.5 Å². The van der Waals surface area contributed by atoms with Crippen molar-refractivity contribution in [2.45, 2.75) is 0 Å². The molecule has 0 atom stereocenters. The molecule has 8 heteroatoms. The van der Waals surface area contributed by atoms with Gasteiger partial charge in [0.25, 0.3) is 11.8 Å². The normalized spacial score (nSPS) is 15.0. The number of phenolic OH excluding ortho intramolecular Hbond substituents is 1. The highest BCUT2D eigenvalue weighted by Gasteiger charge is 2.34. The van der Waals surface area contributed by atoms with Crippen LogP contribution < -0.4 is 19.7 Å². The number of anilines is 1. The number of nitrogens with zero attached hydrogens (tertiary/aromatic N) is 1. The summed E-state index contributed by atoms with van der Waals surface area (Å²) in [6.07, 6.45) is 1.40. The smallest absolute Gasteiger partial charge is 0.270 e. The number of hydrogen-bond donors (Lipinski definition) is 2. The Morgan fingerprint density at radius 2 is 1.66 bits per heavy atom.